The van der Waals surface area contributed by atoms with Crippen molar-refractivity contribution in [1.29, 1.82) is 0 Å². The summed E-state index contributed by atoms with van der Waals surface area (Å²) >= 11 is 0. The molecule has 0 aromatic heterocycles. The van der Waals surface area contributed by atoms with Gasteiger partial charge in [0.25, 0.3) is 0 Å². The SMILES string of the molecule is CC(=O)CC1CCCN1C(C)C(N)=O. The van der Waals surface area contributed by atoms with E-state index in [1.807, 2.05) is 4.90 Å². The maximum atomic E-state index is 11.0. The van der Waals surface area contributed by atoms with Crippen LogP contribution in [0, 0.1) is 0 Å². The predicted molar refractivity (Wildman–Crippen MR) is 53.7 cm³/mol. The molecule has 4 nitrogen and oxygen atoms in total. The van der Waals surface area contributed by atoms with Crippen molar-refractivity contribution < 1.29 is 9.59 Å². The van der Waals surface area contributed by atoms with Crippen molar-refractivity contribution in [1.82, 2.24) is 4.90 Å². The first kappa shape index (κ1) is 11.2. The Bertz CT molecular complexity index is 240. The standard InChI is InChI=1S/C10H18N2O2/c1-7(13)6-9-4-3-5-12(9)8(2)10(11)14/h8-9H,3-6H2,1-2H3,(H2,11,14). The van der Waals surface area contributed by atoms with Gasteiger partial charge in [0.15, 0.2) is 0 Å². The lowest BCUT2D eigenvalue weighted by Gasteiger charge is -2.27. The van der Waals surface area contributed by atoms with Gasteiger partial charge in [-0.1, -0.05) is 0 Å². The van der Waals surface area contributed by atoms with Gasteiger partial charge in [-0.3, -0.25) is 14.5 Å². The maximum Gasteiger partial charge on any atom is 0.234 e. The van der Waals surface area contributed by atoms with Gasteiger partial charge in [0.2, 0.25) is 5.91 Å². The summed E-state index contributed by atoms with van der Waals surface area (Å²) in [5, 5.41) is 0. The normalized spacial score (nSPS) is 24.9. The number of nitrogens with two attached hydrogens (primary N) is 1. The van der Waals surface area contributed by atoms with Gasteiger partial charge in [-0.25, -0.2) is 0 Å². The largest absolute Gasteiger partial charge is 0.368 e. The van der Waals surface area contributed by atoms with Crippen molar-refractivity contribution in [2.75, 3.05) is 6.54 Å². The van der Waals surface area contributed by atoms with Gasteiger partial charge in [-0.15, -0.1) is 0 Å². The number of hydrogen-bond acceptors (Lipinski definition) is 3. The molecule has 2 atom stereocenters. The van der Waals surface area contributed by atoms with E-state index >= 15 is 0 Å². The molecule has 0 radical (unpaired) electrons. The molecule has 1 heterocycles. The lowest BCUT2D eigenvalue weighted by molar-refractivity contribution is -0.124. The van der Waals surface area contributed by atoms with E-state index in [9.17, 15) is 9.59 Å². The zero-order valence-electron chi connectivity index (χ0n) is 8.82. The monoisotopic (exact) mass is 198 g/mol. The van der Waals surface area contributed by atoms with Crippen LogP contribution in [0.15, 0.2) is 0 Å². The van der Waals surface area contributed by atoms with Gasteiger partial charge in [-0.2, -0.15) is 0 Å². The minimum atomic E-state index is -0.305. The number of amides is 1. The average Bonchev–Trinajstić information content (AvgIpc) is 2.49. The van der Waals surface area contributed by atoms with E-state index < -0.39 is 0 Å². The van der Waals surface area contributed by atoms with Gasteiger partial charge in [0.1, 0.15) is 5.78 Å². The number of Topliss-reactive ketones (excluding diaryl/α,β-unsaturated/α-hetero) is 1. The number of nitrogens with zero attached hydrogens (tertiary/aromatic N) is 1. The number of ketones is 1. The number of likely N-dealkylation sites (tertiary alicyclic amines) is 1. The first-order valence-electron chi connectivity index (χ1n) is 5.07. The summed E-state index contributed by atoms with van der Waals surface area (Å²) in [5.41, 5.74) is 5.24. The fourth-order valence-corrected chi connectivity index (χ4v) is 2.08. The van der Waals surface area contributed by atoms with Crippen molar-refractivity contribution in [3.8, 4) is 0 Å². The Morgan fingerprint density at radius 2 is 2.21 bits per heavy atom. The fourth-order valence-electron chi connectivity index (χ4n) is 2.08. The zero-order chi connectivity index (χ0) is 10.7. The first-order valence-corrected chi connectivity index (χ1v) is 5.07. The van der Waals surface area contributed by atoms with Crippen LogP contribution in [0.25, 0.3) is 0 Å². The summed E-state index contributed by atoms with van der Waals surface area (Å²) < 4.78 is 0. The second-order valence-electron chi connectivity index (χ2n) is 4.02. The molecule has 1 amide bonds. The summed E-state index contributed by atoms with van der Waals surface area (Å²) in [6.45, 7) is 4.27. The lowest BCUT2D eigenvalue weighted by atomic mass is 10.1. The van der Waals surface area contributed by atoms with Crippen LogP contribution in [0.4, 0.5) is 0 Å². The Labute approximate surface area is 84.4 Å². The molecule has 80 valence electrons. The quantitative estimate of drug-likeness (QED) is 0.706. The molecule has 0 aliphatic carbocycles. The highest BCUT2D eigenvalue weighted by molar-refractivity contribution is 5.80. The highest BCUT2D eigenvalue weighted by Crippen LogP contribution is 2.22. The number of carbonyl (C=O) groups excluding carboxylic acids is 2. The van der Waals surface area contributed by atoms with E-state index in [4.69, 9.17) is 5.73 Å². The van der Waals surface area contributed by atoms with Crippen molar-refractivity contribution in [2.24, 2.45) is 5.73 Å². The summed E-state index contributed by atoms with van der Waals surface area (Å²) in [4.78, 5) is 24.1. The Kier molecular flexibility index (Phi) is 3.63. The Hall–Kier alpha value is -0.900. The van der Waals surface area contributed by atoms with Crippen LogP contribution in [-0.2, 0) is 9.59 Å². The number of carbonyl (C=O) groups is 2. The third kappa shape index (κ3) is 2.54. The zero-order valence-corrected chi connectivity index (χ0v) is 8.82. The van der Waals surface area contributed by atoms with Crippen LogP contribution < -0.4 is 5.73 Å². The molecule has 14 heavy (non-hydrogen) atoms. The highest BCUT2D eigenvalue weighted by atomic mass is 16.1. The molecule has 1 aliphatic rings. The van der Waals surface area contributed by atoms with Gasteiger partial charge < -0.3 is 5.73 Å². The molecule has 4 heteroatoms. The van der Waals surface area contributed by atoms with Gasteiger partial charge in [0.05, 0.1) is 6.04 Å². The van der Waals surface area contributed by atoms with Crippen LogP contribution >= 0.6 is 0 Å². The molecule has 1 rings (SSSR count). The molecule has 1 fully saturated rings. The Morgan fingerprint density at radius 1 is 1.57 bits per heavy atom. The molecule has 0 aromatic rings. The summed E-state index contributed by atoms with van der Waals surface area (Å²) in [6, 6.07) is -0.0307. The molecule has 0 saturated carbocycles. The fraction of sp³-hybridized carbons (Fsp3) is 0.800. The van der Waals surface area contributed by atoms with Gasteiger partial charge >= 0.3 is 0 Å². The Morgan fingerprint density at radius 3 is 2.71 bits per heavy atom. The average molecular weight is 198 g/mol. The maximum absolute atomic E-state index is 11.0. The van der Waals surface area contributed by atoms with E-state index in [-0.39, 0.29) is 23.8 Å². The van der Waals surface area contributed by atoms with Crippen molar-refractivity contribution in [3.05, 3.63) is 0 Å². The van der Waals surface area contributed by atoms with Crippen LogP contribution in [0.5, 0.6) is 0 Å². The molecule has 0 bridgehead atoms. The lowest BCUT2D eigenvalue weighted by Crippen LogP contribution is -2.45. The second kappa shape index (κ2) is 4.55. The minimum absolute atomic E-state index is 0.179. The summed E-state index contributed by atoms with van der Waals surface area (Å²) in [5.74, 6) is -0.126. The molecular weight excluding hydrogens is 180 g/mol. The third-order valence-electron chi connectivity index (χ3n) is 2.85. The first-order chi connectivity index (χ1) is 6.52. The smallest absolute Gasteiger partial charge is 0.234 e. The molecule has 2 unspecified atom stereocenters. The van der Waals surface area contributed by atoms with E-state index in [0.29, 0.717) is 6.42 Å². The highest BCUT2D eigenvalue weighted by Gasteiger charge is 2.31. The summed E-state index contributed by atoms with van der Waals surface area (Å²) in [6.07, 6.45) is 2.59. The number of hydrogen-bond donors (Lipinski definition) is 1. The number of primary amides is 1. The van der Waals surface area contributed by atoms with Crippen LogP contribution in [0.3, 0.4) is 0 Å². The van der Waals surface area contributed by atoms with E-state index in [2.05, 4.69) is 0 Å². The van der Waals surface area contributed by atoms with Crippen LogP contribution in [0.2, 0.25) is 0 Å². The van der Waals surface area contributed by atoms with Crippen LogP contribution in [-0.4, -0.2) is 35.2 Å². The molecule has 0 spiro atoms. The van der Waals surface area contributed by atoms with Crippen molar-refractivity contribution >= 4 is 11.7 Å². The topological polar surface area (TPSA) is 63.4 Å². The van der Waals surface area contributed by atoms with E-state index in [1.165, 1.54) is 0 Å². The molecule has 0 aromatic carbocycles. The van der Waals surface area contributed by atoms with E-state index in [0.717, 1.165) is 19.4 Å². The van der Waals surface area contributed by atoms with E-state index in [1.54, 1.807) is 13.8 Å². The molecule has 2 N–H and O–H groups in total. The van der Waals surface area contributed by atoms with Crippen molar-refractivity contribution in [3.63, 3.8) is 0 Å². The van der Waals surface area contributed by atoms with Crippen LogP contribution in [0.1, 0.15) is 33.1 Å². The molecule has 1 aliphatic heterocycles. The van der Waals surface area contributed by atoms with Gasteiger partial charge in [0, 0.05) is 12.5 Å². The van der Waals surface area contributed by atoms with Gasteiger partial charge in [-0.05, 0) is 33.2 Å². The number of rotatable bonds is 4. The second-order valence-corrected chi connectivity index (χ2v) is 4.02. The summed E-state index contributed by atoms with van der Waals surface area (Å²) in [7, 11) is 0. The molecular formula is C10H18N2O2. The third-order valence-corrected chi connectivity index (χ3v) is 2.85. The minimum Gasteiger partial charge on any atom is -0.368 e. The van der Waals surface area contributed by atoms with Crippen molar-refractivity contribution in [2.45, 2.75) is 45.2 Å². The Balaban J connectivity index is 2.58. The predicted octanol–water partition coefficient (Wildman–Crippen LogP) is 0.304. The molecule has 1 saturated heterocycles.